The van der Waals surface area contributed by atoms with Crippen LogP contribution in [-0.4, -0.2) is 67.2 Å². The molecule has 122 valence electrons. The minimum absolute atomic E-state index is 0.151. The normalized spacial score (nSPS) is 24.3. The lowest BCUT2D eigenvalue weighted by molar-refractivity contribution is 0.00461. The maximum absolute atomic E-state index is 11.5. The Bertz CT molecular complexity index is 541. The van der Waals surface area contributed by atoms with Gasteiger partial charge in [-0.1, -0.05) is 11.6 Å². The van der Waals surface area contributed by atoms with Crippen molar-refractivity contribution in [2.75, 3.05) is 51.4 Å². The van der Waals surface area contributed by atoms with Gasteiger partial charge in [-0.2, -0.15) is 5.10 Å². The summed E-state index contributed by atoms with van der Waals surface area (Å²) in [4.78, 5) is 13.9. The Morgan fingerprint density at radius 1 is 1.41 bits per heavy atom. The molecule has 2 aliphatic rings. The van der Waals surface area contributed by atoms with Gasteiger partial charge in [-0.25, -0.2) is 5.10 Å². The third-order valence-electron chi connectivity index (χ3n) is 4.32. The first kappa shape index (κ1) is 15.7. The largest absolute Gasteiger partial charge is 0.381 e. The number of morpholine rings is 1. The maximum Gasteiger partial charge on any atom is 0.285 e. The topological polar surface area (TPSA) is 79.5 Å². The third-order valence-corrected chi connectivity index (χ3v) is 4.70. The van der Waals surface area contributed by atoms with Gasteiger partial charge in [0.2, 0.25) is 0 Å². The fraction of sp³-hybridized carbons (Fsp3) is 0.714. The molecule has 0 aromatic carbocycles. The lowest BCUT2D eigenvalue weighted by atomic mass is 9.97. The van der Waals surface area contributed by atoms with E-state index in [4.69, 9.17) is 21.1 Å². The Morgan fingerprint density at radius 2 is 2.23 bits per heavy atom. The van der Waals surface area contributed by atoms with Crippen LogP contribution in [-0.2, 0) is 9.47 Å². The van der Waals surface area contributed by atoms with E-state index in [1.807, 2.05) is 0 Å². The van der Waals surface area contributed by atoms with Gasteiger partial charge < -0.3 is 14.8 Å². The van der Waals surface area contributed by atoms with Crippen molar-refractivity contribution in [3.63, 3.8) is 0 Å². The highest BCUT2D eigenvalue weighted by Gasteiger charge is 2.31. The standard InChI is InChI=1S/C14H21ClN4O3/c15-13-11(7-17-18-14(13)20)16-8-12(10-1-4-22-9-10)19-2-5-21-6-3-19/h7,10,12H,1-6,8-9H2,(H2,16,18,20)/t10-,12-/m0/s1. The molecule has 1 aromatic heterocycles. The van der Waals surface area contributed by atoms with E-state index in [-0.39, 0.29) is 10.6 Å². The molecular weight excluding hydrogens is 308 g/mol. The van der Waals surface area contributed by atoms with E-state index < -0.39 is 0 Å². The lowest BCUT2D eigenvalue weighted by Crippen LogP contribution is -2.50. The Balaban J connectivity index is 1.69. The van der Waals surface area contributed by atoms with Gasteiger partial charge in [0, 0.05) is 38.2 Å². The van der Waals surface area contributed by atoms with Crippen LogP contribution in [0.5, 0.6) is 0 Å². The van der Waals surface area contributed by atoms with Crippen LogP contribution in [0, 0.1) is 5.92 Å². The summed E-state index contributed by atoms with van der Waals surface area (Å²) < 4.78 is 11.0. The minimum atomic E-state index is -0.376. The predicted octanol–water partition coefficient (Wildman–Crippen LogP) is 0.573. The van der Waals surface area contributed by atoms with Crippen molar-refractivity contribution in [2.24, 2.45) is 5.92 Å². The van der Waals surface area contributed by atoms with Crippen LogP contribution in [0.15, 0.2) is 11.0 Å². The van der Waals surface area contributed by atoms with E-state index >= 15 is 0 Å². The van der Waals surface area contributed by atoms with Crippen molar-refractivity contribution < 1.29 is 9.47 Å². The second-order valence-electron chi connectivity index (χ2n) is 5.65. The summed E-state index contributed by atoms with van der Waals surface area (Å²) in [5.74, 6) is 0.485. The molecule has 2 fully saturated rings. The summed E-state index contributed by atoms with van der Waals surface area (Å²) in [5.41, 5.74) is 0.196. The van der Waals surface area contributed by atoms with E-state index in [0.29, 0.717) is 24.2 Å². The fourth-order valence-electron chi connectivity index (χ4n) is 3.08. The SMILES string of the molecule is O=c1[nH]ncc(NC[C@@H]([C@H]2CCOC2)N2CCOCC2)c1Cl. The summed E-state index contributed by atoms with van der Waals surface area (Å²) in [5, 5.41) is 9.54. The molecular formula is C14H21ClN4O3. The second kappa shape index (κ2) is 7.41. The van der Waals surface area contributed by atoms with Crippen LogP contribution in [0.4, 0.5) is 5.69 Å². The Kier molecular flexibility index (Phi) is 5.30. The number of H-pyrrole nitrogens is 1. The average Bonchev–Trinajstić information content (AvgIpc) is 3.07. The molecule has 2 N–H and O–H groups in total. The summed E-state index contributed by atoms with van der Waals surface area (Å²) in [6, 6.07) is 0.335. The first-order chi connectivity index (χ1) is 10.8. The van der Waals surface area contributed by atoms with E-state index in [1.54, 1.807) is 6.20 Å². The van der Waals surface area contributed by atoms with E-state index in [2.05, 4.69) is 20.4 Å². The van der Waals surface area contributed by atoms with Crippen molar-refractivity contribution >= 4 is 17.3 Å². The molecule has 2 atom stereocenters. The van der Waals surface area contributed by atoms with Gasteiger partial charge in [0.15, 0.2) is 0 Å². The zero-order valence-electron chi connectivity index (χ0n) is 12.4. The zero-order chi connectivity index (χ0) is 15.4. The fourth-order valence-corrected chi connectivity index (χ4v) is 3.24. The van der Waals surface area contributed by atoms with Crippen molar-refractivity contribution in [2.45, 2.75) is 12.5 Å². The highest BCUT2D eigenvalue weighted by atomic mass is 35.5. The molecule has 0 aliphatic carbocycles. The number of hydrogen-bond donors (Lipinski definition) is 2. The van der Waals surface area contributed by atoms with Gasteiger partial charge >= 0.3 is 0 Å². The molecule has 0 unspecified atom stereocenters. The highest BCUT2D eigenvalue weighted by molar-refractivity contribution is 6.32. The Morgan fingerprint density at radius 3 is 2.95 bits per heavy atom. The van der Waals surface area contributed by atoms with Gasteiger partial charge in [-0.3, -0.25) is 9.69 Å². The molecule has 8 heteroatoms. The summed E-state index contributed by atoms with van der Waals surface area (Å²) in [6.45, 7) is 5.67. The van der Waals surface area contributed by atoms with Crippen LogP contribution in [0.3, 0.4) is 0 Å². The monoisotopic (exact) mass is 328 g/mol. The Labute approximate surface area is 133 Å². The number of ether oxygens (including phenoxy) is 2. The summed E-state index contributed by atoms with van der Waals surface area (Å²) in [6.07, 6.45) is 2.61. The molecule has 2 saturated heterocycles. The molecule has 3 rings (SSSR count). The van der Waals surface area contributed by atoms with E-state index in [0.717, 1.165) is 45.9 Å². The average molecular weight is 329 g/mol. The van der Waals surface area contributed by atoms with Crippen LogP contribution < -0.4 is 10.9 Å². The van der Waals surface area contributed by atoms with Gasteiger partial charge in [0.05, 0.1) is 31.7 Å². The number of aromatic nitrogens is 2. The number of aromatic amines is 1. The van der Waals surface area contributed by atoms with E-state index in [1.165, 1.54) is 0 Å². The minimum Gasteiger partial charge on any atom is -0.381 e. The lowest BCUT2D eigenvalue weighted by Gasteiger charge is -2.37. The predicted molar refractivity (Wildman–Crippen MR) is 83.5 cm³/mol. The number of anilines is 1. The number of nitrogens with zero attached hydrogens (tertiary/aromatic N) is 2. The molecule has 0 amide bonds. The summed E-state index contributed by atoms with van der Waals surface area (Å²) in [7, 11) is 0. The molecule has 1 aromatic rings. The quantitative estimate of drug-likeness (QED) is 0.823. The first-order valence-electron chi connectivity index (χ1n) is 7.62. The molecule has 3 heterocycles. The molecule has 22 heavy (non-hydrogen) atoms. The zero-order valence-corrected chi connectivity index (χ0v) is 13.1. The molecule has 2 aliphatic heterocycles. The molecule has 0 saturated carbocycles. The smallest absolute Gasteiger partial charge is 0.285 e. The van der Waals surface area contributed by atoms with Crippen LogP contribution >= 0.6 is 11.6 Å². The van der Waals surface area contributed by atoms with Gasteiger partial charge in [0.1, 0.15) is 5.02 Å². The van der Waals surface area contributed by atoms with Gasteiger partial charge in [-0.15, -0.1) is 0 Å². The van der Waals surface area contributed by atoms with Crippen LogP contribution in [0.1, 0.15) is 6.42 Å². The van der Waals surface area contributed by atoms with Gasteiger partial charge in [-0.05, 0) is 6.42 Å². The van der Waals surface area contributed by atoms with Crippen LogP contribution in [0.2, 0.25) is 5.02 Å². The number of hydrogen-bond acceptors (Lipinski definition) is 6. The van der Waals surface area contributed by atoms with Crippen molar-refractivity contribution in [1.82, 2.24) is 15.1 Å². The van der Waals surface area contributed by atoms with Gasteiger partial charge in [0.25, 0.3) is 5.56 Å². The van der Waals surface area contributed by atoms with Crippen molar-refractivity contribution in [3.8, 4) is 0 Å². The van der Waals surface area contributed by atoms with Crippen molar-refractivity contribution in [3.05, 3.63) is 21.6 Å². The number of rotatable bonds is 5. The molecule has 7 nitrogen and oxygen atoms in total. The third kappa shape index (κ3) is 3.60. The molecule has 0 bridgehead atoms. The first-order valence-corrected chi connectivity index (χ1v) is 8.00. The number of halogens is 1. The molecule has 0 radical (unpaired) electrons. The maximum atomic E-state index is 11.5. The summed E-state index contributed by atoms with van der Waals surface area (Å²) >= 11 is 6.02. The van der Waals surface area contributed by atoms with E-state index in [9.17, 15) is 4.79 Å². The number of nitrogens with one attached hydrogen (secondary N) is 2. The highest BCUT2D eigenvalue weighted by Crippen LogP contribution is 2.23. The van der Waals surface area contributed by atoms with Crippen molar-refractivity contribution in [1.29, 1.82) is 0 Å². The molecule has 0 spiro atoms. The Hall–Kier alpha value is -1.15. The second-order valence-corrected chi connectivity index (χ2v) is 6.03. The van der Waals surface area contributed by atoms with Crippen LogP contribution in [0.25, 0.3) is 0 Å².